The number of ether oxygens (including phenoxy) is 1. The fourth-order valence-electron chi connectivity index (χ4n) is 1.76. The van der Waals surface area contributed by atoms with Crippen molar-refractivity contribution in [1.82, 2.24) is 0 Å². The predicted octanol–water partition coefficient (Wildman–Crippen LogP) is 2.71. The van der Waals surface area contributed by atoms with Gasteiger partial charge in [0.15, 0.2) is 5.60 Å². The molecule has 2 rings (SSSR count). The molecule has 1 heterocycles. The van der Waals surface area contributed by atoms with Crippen molar-refractivity contribution in [1.29, 1.82) is 0 Å². The van der Waals surface area contributed by atoms with Crippen molar-refractivity contribution >= 4 is 16.8 Å². The lowest BCUT2D eigenvalue weighted by Gasteiger charge is -2.23. The summed E-state index contributed by atoms with van der Waals surface area (Å²) in [5, 5.41) is -0.443. The molecule has 0 N–H and O–H groups in total. The van der Waals surface area contributed by atoms with Gasteiger partial charge in [0.1, 0.15) is 5.75 Å². The molecule has 0 fully saturated rings. The SMILES string of the molecule is CC1c2ccccc2OC1(C)C(=O)Cl. The first-order valence-electron chi connectivity index (χ1n) is 4.53. The van der Waals surface area contributed by atoms with Crippen LogP contribution in [0.5, 0.6) is 5.75 Å². The second-order valence-electron chi connectivity index (χ2n) is 3.74. The average molecular weight is 211 g/mol. The molecule has 1 aromatic carbocycles. The van der Waals surface area contributed by atoms with Crippen LogP contribution in [0.4, 0.5) is 0 Å². The lowest BCUT2D eigenvalue weighted by atomic mass is 9.88. The summed E-state index contributed by atoms with van der Waals surface area (Å²) in [6.45, 7) is 3.68. The van der Waals surface area contributed by atoms with E-state index in [0.717, 1.165) is 11.3 Å². The molecule has 0 amide bonds. The van der Waals surface area contributed by atoms with Crippen LogP contribution < -0.4 is 4.74 Å². The molecule has 1 aromatic rings. The monoisotopic (exact) mass is 210 g/mol. The highest BCUT2D eigenvalue weighted by molar-refractivity contribution is 6.65. The molecule has 1 aliphatic heterocycles. The van der Waals surface area contributed by atoms with Gasteiger partial charge < -0.3 is 4.74 Å². The van der Waals surface area contributed by atoms with Crippen LogP contribution in [0.3, 0.4) is 0 Å². The zero-order valence-corrected chi connectivity index (χ0v) is 8.84. The zero-order valence-electron chi connectivity index (χ0n) is 8.08. The van der Waals surface area contributed by atoms with E-state index in [9.17, 15) is 4.79 Å². The fraction of sp³-hybridized carbons (Fsp3) is 0.364. The molecule has 0 saturated carbocycles. The maximum Gasteiger partial charge on any atom is 0.265 e. The number of para-hydroxylation sites is 1. The number of hydrogen-bond donors (Lipinski definition) is 0. The minimum Gasteiger partial charge on any atom is -0.477 e. The van der Waals surface area contributed by atoms with Crippen LogP contribution in [0, 0.1) is 0 Å². The standard InChI is InChI=1S/C11H11ClO2/c1-7-8-5-3-4-6-9(8)14-11(7,2)10(12)13/h3-7H,1-2H3. The maximum atomic E-state index is 11.3. The summed E-state index contributed by atoms with van der Waals surface area (Å²) in [5.74, 6) is 0.764. The summed E-state index contributed by atoms with van der Waals surface area (Å²) in [7, 11) is 0. The molecular weight excluding hydrogens is 200 g/mol. The first kappa shape index (κ1) is 9.53. The quantitative estimate of drug-likeness (QED) is 0.667. The van der Waals surface area contributed by atoms with E-state index in [4.69, 9.17) is 16.3 Å². The second-order valence-corrected chi connectivity index (χ2v) is 4.09. The van der Waals surface area contributed by atoms with Crippen molar-refractivity contribution in [2.24, 2.45) is 0 Å². The van der Waals surface area contributed by atoms with Crippen molar-refractivity contribution in [2.45, 2.75) is 25.4 Å². The lowest BCUT2D eigenvalue weighted by Crippen LogP contribution is -2.39. The van der Waals surface area contributed by atoms with Gasteiger partial charge in [-0.25, -0.2) is 0 Å². The molecule has 0 aliphatic carbocycles. The van der Waals surface area contributed by atoms with E-state index in [1.165, 1.54) is 0 Å². The van der Waals surface area contributed by atoms with Gasteiger partial charge in [-0.2, -0.15) is 0 Å². The molecule has 14 heavy (non-hydrogen) atoms. The van der Waals surface area contributed by atoms with Gasteiger partial charge in [-0.15, -0.1) is 0 Å². The number of benzene rings is 1. The molecule has 2 unspecified atom stereocenters. The molecular formula is C11H11ClO2. The molecule has 74 valence electrons. The summed E-state index contributed by atoms with van der Waals surface area (Å²) in [5.41, 5.74) is 0.134. The van der Waals surface area contributed by atoms with Crippen molar-refractivity contribution in [3.05, 3.63) is 29.8 Å². The van der Waals surface area contributed by atoms with Gasteiger partial charge in [0.2, 0.25) is 0 Å². The molecule has 0 aromatic heterocycles. The molecule has 0 spiro atoms. The predicted molar refractivity (Wildman–Crippen MR) is 54.8 cm³/mol. The highest BCUT2D eigenvalue weighted by Gasteiger charge is 2.47. The summed E-state index contributed by atoms with van der Waals surface area (Å²) >= 11 is 5.55. The molecule has 2 atom stereocenters. The Morgan fingerprint density at radius 1 is 1.50 bits per heavy atom. The largest absolute Gasteiger partial charge is 0.477 e. The van der Waals surface area contributed by atoms with Crippen LogP contribution in [0.1, 0.15) is 25.3 Å². The second kappa shape index (κ2) is 2.99. The van der Waals surface area contributed by atoms with Gasteiger partial charge in [0.05, 0.1) is 0 Å². The molecule has 3 heteroatoms. The van der Waals surface area contributed by atoms with Gasteiger partial charge in [-0.1, -0.05) is 25.1 Å². The van der Waals surface area contributed by atoms with Crippen molar-refractivity contribution in [3.8, 4) is 5.75 Å². The van der Waals surface area contributed by atoms with Gasteiger partial charge in [0, 0.05) is 11.5 Å². The summed E-state index contributed by atoms with van der Waals surface area (Å²) < 4.78 is 5.59. The first-order valence-corrected chi connectivity index (χ1v) is 4.91. The number of fused-ring (bicyclic) bond motifs is 1. The Morgan fingerprint density at radius 3 is 2.71 bits per heavy atom. The zero-order chi connectivity index (χ0) is 10.3. The molecule has 0 saturated heterocycles. The maximum absolute atomic E-state index is 11.3. The molecule has 0 radical (unpaired) electrons. The van der Waals surface area contributed by atoms with Crippen LogP contribution in [0.15, 0.2) is 24.3 Å². The Hall–Kier alpha value is -1.02. The number of carbonyl (C=O) groups excluding carboxylic acids is 1. The smallest absolute Gasteiger partial charge is 0.265 e. The van der Waals surface area contributed by atoms with Crippen LogP contribution in [-0.2, 0) is 4.79 Å². The highest BCUT2D eigenvalue weighted by atomic mass is 35.5. The highest BCUT2D eigenvalue weighted by Crippen LogP contribution is 2.45. The molecule has 0 bridgehead atoms. The summed E-state index contributed by atoms with van der Waals surface area (Å²) in [4.78, 5) is 11.3. The normalized spacial score (nSPS) is 29.5. The van der Waals surface area contributed by atoms with E-state index >= 15 is 0 Å². The van der Waals surface area contributed by atoms with E-state index < -0.39 is 10.8 Å². The minimum absolute atomic E-state index is 0.00343. The minimum atomic E-state index is -0.911. The summed E-state index contributed by atoms with van der Waals surface area (Å²) in [6.07, 6.45) is 0. The van der Waals surface area contributed by atoms with Crippen LogP contribution in [-0.4, -0.2) is 10.8 Å². The van der Waals surface area contributed by atoms with E-state index in [-0.39, 0.29) is 5.92 Å². The van der Waals surface area contributed by atoms with Gasteiger partial charge in [-0.05, 0) is 24.6 Å². The Bertz CT molecular complexity index is 389. The van der Waals surface area contributed by atoms with Crippen molar-refractivity contribution in [3.63, 3.8) is 0 Å². The number of halogens is 1. The average Bonchev–Trinajstić information content (AvgIpc) is 2.42. The third-order valence-corrected chi connectivity index (χ3v) is 3.30. The third kappa shape index (κ3) is 1.14. The molecule has 1 aliphatic rings. The van der Waals surface area contributed by atoms with E-state index in [0.29, 0.717) is 0 Å². The van der Waals surface area contributed by atoms with Crippen LogP contribution in [0.25, 0.3) is 0 Å². The summed E-state index contributed by atoms with van der Waals surface area (Å²) in [6, 6.07) is 7.64. The Labute approximate surface area is 87.8 Å². The number of hydrogen-bond acceptors (Lipinski definition) is 2. The van der Waals surface area contributed by atoms with Gasteiger partial charge in [0.25, 0.3) is 5.24 Å². The van der Waals surface area contributed by atoms with Crippen molar-refractivity contribution in [2.75, 3.05) is 0 Å². The molecule has 2 nitrogen and oxygen atoms in total. The van der Waals surface area contributed by atoms with Gasteiger partial charge in [-0.3, -0.25) is 4.79 Å². The van der Waals surface area contributed by atoms with E-state index in [1.54, 1.807) is 6.92 Å². The fourth-order valence-corrected chi connectivity index (χ4v) is 1.96. The number of rotatable bonds is 1. The number of carbonyl (C=O) groups is 1. The Morgan fingerprint density at radius 2 is 2.14 bits per heavy atom. The third-order valence-electron chi connectivity index (χ3n) is 2.92. The van der Waals surface area contributed by atoms with Crippen LogP contribution in [0.2, 0.25) is 0 Å². The first-order chi connectivity index (χ1) is 6.55. The van der Waals surface area contributed by atoms with E-state index in [2.05, 4.69) is 0 Å². The topological polar surface area (TPSA) is 26.3 Å². The van der Waals surface area contributed by atoms with Crippen LogP contribution >= 0.6 is 11.6 Å². The van der Waals surface area contributed by atoms with Crippen molar-refractivity contribution < 1.29 is 9.53 Å². The Kier molecular flexibility index (Phi) is 2.04. The Balaban J connectivity index is 2.48. The lowest BCUT2D eigenvalue weighted by molar-refractivity contribution is -0.124. The van der Waals surface area contributed by atoms with Gasteiger partial charge >= 0.3 is 0 Å². The van der Waals surface area contributed by atoms with E-state index in [1.807, 2.05) is 31.2 Å².